The molecule has 0 radical (unpaired) electrons. The number of hydrogen-bond acceptors (Lipinski definition) is 6. The lowest BCUT2D eigenvalue weighted by molar-refractivity contribution is -0.140. The van der Waals surface area contributed by atoms with E-state index in [9.17, 15) is 9.59 Å². The summed E-state index contributed by atoms with van der Waals surface area (Å²) in [6.45, 7) is 0.602. The Morgan fingerprint density at radius 2 is 1.93 bits per heavy atom. The molecule has 0 atom stereocenters. The minimum absolute atomic E-state index is 0.0973. The van der Waals surface area contributed by atoms with Crippen LogP contribution in [0.15, 0.2) is 58.5 Å². The van der Waals surface area contributed by atoms with Crippen molar-refractivity contribution in [3.8, 4) is 5.75 Å². The van der Waals surface area contributed by atoms with Gasteiger partial charge in [-0.3, -0.25) is 14.2 Å². The van der Waals surface area contributed by atoms with Crippen molar-refractivity contribution in [3.63, 3.8) is 0 Å². The largest absolute Gasteiger partial charge is 0.491 e. The van der Waals surface area contributed by atoms with E-state index in [-0.39, 0.29) is 24.5 Å². The third kappa shape index (κ3) is 4.85. The second kappa shape index (κ2) is 9.61. The van der Waals surface area contributed by atoms with E-state index in [2.05, 4.69) is 9.72 Å². The van der Waals surface area contributed by atoms with E-state index in [0.29, 0.717) is 39.2 Å². The highest BCUT2D eigenvalue weighted by Gasteiger charge is 2.13. The minimum Gasteiger partial charge on any atom is -0.491 e. The maximum atomic E-state index is 12.9. The first-order valence-corrected chi connectivity index (χ1v) is 10.0. The molecule has 0 amide bonds. The van der Waals surface area contributed by atoms with Crippen LogP contribution in [0.25, 0.3) is 10.9 Å². The zero-order valence-electron chi connectivity index (χ0n) is 15.3. The van der Waals surface area contributed by atoms with Crippen LogP contribution < -0.4 is 10.3 Å². The van der Waals surface area contributed by atoms with E-state index in [1.54, 1.807) is 30.3 Å². The fourth-order valence-corrected chi connectivity index (χ4v) is 3.64. The van der Waals surface area contributed by atoms with E-state index in [1.165, 1.54) is 23.4 Å². The van der Waals surface area contributed by atoms with Crippen molar-refractivity contribution >= 4 is 40.2 Å². The second-order valence-corrected chi connectivity index (χ2v) is 7.29. The number of carbonyl (C=O) groups is 1. The summed E-state index contributed by atoms with van der Waals surface area (Å²) < 4.78 is 11.9. The zero-order chi connectivity index (χ0) is 19.9. The van der Waals surface area contributed by atoms with Gasteiger partial charge in [-0.15, -0.1) is 0 Å². The van der Waals surface area contributed by atoms with Crippen molar-refractivity contribution in [2.75, 3.05) is 19.5 Å². The summed E-state index contributed by atoms with van der Waals surface area (Å²) in [5.41, 5.74) is 0.445. The standard InChI is InChI=1S/C20H19ClN2O4S/c1-26-18(24)10-11-23-19(25)14-6-2-4-8-16(14)22-20(23)28-13-12-27-17-9-5-3-7-15(17)21/h2-9H,10-13H2,1H3. The van der Waals surface area contributed by atoms with Gasteiger partial charge in [-0.2, -0.15) is 0 Å². The van der Waals surface area contributed by atoms with Gasteiger partial charge in [-0.25, -0.2) is 4.98 Å². The number of benzene rings is 2. The number of methoxy groups -OCH3 is 1. The molecule has 0 aliphatic rings. The van der Waals surface area contributed by atoms with Crippen molar-refractivity contribution in [1.82, 2.24) is 9.55 Å². The minimum atomic E-state index is -0.377. The third-order valence-corrected chi connectivity index (χ3v) is 5.26. The first-order chi connectivity index (χ1) is 13.6. The number of carbonyl (C=O) groups excluding carboxylic acids is 1. The summed E-state index contributed by atoms with van der Waals surface area (Å²) in [6.07, 6.45) is 0.0973. The van der Waals surface area contributed by atoms with Gasteiger partial charge in [0.05, 0.1) is 36.1 Å². The van der Waals surface area contributed by atoms with Gasteiger partial charge in [-0.05, 0) is 24.3 Å². The number of thioether (sulfide) groups is 1. The molecule has 1 aromatic heterocycles. The number of aromatic nitrogens is 2. The van der Waals surface area contributed by atoms with Crippen molar-refractivity contribution in [1.29, 1.82) is 0 Å². The highest BCUT2D eigenvalue weighted by Crippen LogP contribution is 2.24. The van der Waals surface area contributed by atoms with Crippen LogP contribution in [0.2, 0.25) is 5.02 Å². The molecule has 0 spiro atoms. The van der Waals surface area contributed by atoms with Gasteiger partial charge in [0.1, 0.15) is 5.75 Å². The van der Waals surface area contributed by atoms with Crippen LogP contribution in [-0.4, -0.2) is 35.0 Å². The van der Waals surface area contributed by atoms with Gasteiger partial charge >= 0.3 is 5.97 Å². The van der Waals surface area contributed by atoms with Gasteiger partial charge in [0.15, 0.2) is 5.16 Å². The monoisotopic (exact) mass is 418 g/mol. The second-order valence-electron chi connectivity index (χ2n) is 5.82. The fourth-order valence-electron chi connectivity index (χ4n) is 2.61. The maximum absolute atomic E-state index is 12.9. The number of esters is 1. The molecule has 2 aromatic carbocycles. The lowest BCUT2D eigenvalue weighted by atomic mass is 10.2. The molecule has 146 valence electrons. The number of nitrogens with zero attached hydrogens (tertiary/aromatic N) is 2. The molecular formula is C20H19ClN2O4S. The maximum Gasteiger partial charge on any atom is 0.307 e. The molecule has 3 rings (SSSR count). The molecule has 6 nitrogen and oxygen atoms in total. The average molecular weight is 419 g/mol. The summed E-state index contributed by atoms with van der Waals surface area (Å²) in [7, 11) is 1.32. The Kier molecular flexibility index (Phi) is 6.95. The normalized spacial score (nSPS) is 10.8. The summed E-state index contributed by atoms with van der Waals surface area (Å²) in [5, 5.41) is 1.60. The number of hydrogen-bond donors (Lipinski definition) is 0. The first kappa shape index (κ1) is 20.2. The predicted molar refractivity (Wildman–Crippen MR) is 110 cm³/mol. The van der Waals surface area contributed by atoms with Gasteiger partial charge in [0, 0.05) is 12.3 Å². The highest BCUT2D eigenvalue weighted by molar-refractivity contribution is 7.99. The molecule has 0 aliphatic heterocycles. The number of rotatable bonds is 8. The molecule has 0 saturated heterocycles. The summed E-state index contributed by atoms with van der Waals surface area (Å²) in [6, 6.07) is 14.4. The Morgan fingerprint density at radius 3 is 2.71 bits per heavy atom. The van der Waals surface area contributed by atoms with E-state index in [1.807, 2.05) is 18.2 Å². The molecule has 0 saturated carbocycles. The number of halogens is 1. The van der Waals surface area contributed by atoms with E-state index < -0.39 is 0 Å². The Labute approximate surface area is 171 Å². The van der Waals surface area contributed by atoms with Crippen LogP contribution in [-0.2, 0) is 16.1 Å². The SMILES string of the molecule is COC(=O)CCn1c(SCCOc2ccccc2Cl)nc2ccccc2c1=O. The fraction of sp³-hybridized carbons (Fsp3) is 0.250. The Hall–Kier alpha value is -2.51. The molecule has 0 aliphatic carbocycles. The quantitative estimate of drug-likeness (QED) is 0.240. The van der Waals surface area contributed by atoms with Crippen LogP contribution in [0.3, 0.4) is 0 Å². The van der Waals surface area contributed by atoms with Crippen molar-refractivity contribution in [3.05, 3.63) is 63.9 Å². The molecule has 8 heteroatoms. The smallest absolute Gasteiger partial charge is 0.307 e. The number of para-hydroxylation sites is 2. The van der Waals surface area contributed by atoms with Crippen LogP contribution in [0, 0.1) is 0 Å². The lowest BCUT2D eigenvalue weighted by Gasteiger charge is -2.13. The molecule has 0 fully saturated rings. The molecule has 28 heavy (non-hydrogen) atoms. The van der Waals surface area contributed by atoms with E-state index in [4.69, 9.17) is 16.3 Å². The molecule has 0 N–H and O–H groups in total. The Balaban J connectivity index is 1.77. The summed E-state index contributed by atoms with van der Waals surface area (Å²) >= 11 is 7.47. The lowest BCUT2D eigenvalue weighted by Crippen LogP contribution is -2.25. The molecular weight excluding hydrogens is 400 g/mol. The van der Waals surface area contributed by atoms with Crippen LogP contribution in [0.1, 0.15) is 6.42 Å². The summed E-state index contributed by atoms with van der Waals surface area (Å²) in [5.74, 6) is 0.797. The van der Waals surface area contributed by atoms with Gasteiger partial charge in [0.2, 0.25) is 0 Å². The van der Waals surface area contributed by atoms with Crippen LogP contribution >= 0.6 is 23.4 Å². The first-order valence-electron chi connectivity index (χ1n) is 8.66. The van der Waals surface area contributed by atoms with Crippen molar-refractivity contribution < 1.29 is 14.3 Å². The van der Waals surface area contributed by atoms with E-state index in [0.717, 1.165) is 0 Å². The molecule has 0 unspecified atom stereocenters. The van der Waals surface area contributed by atoms with Gasteiger partial charge in [-0.1, -0.05) is 47.6 Å². The van der Waals surface area contributed by atoms with Crippen LogP contribution in [0.4, 0.5) is 0 Å². The summed E-state index contributed by atoms with van der Waals surface area (Å²) in [4.78, 5) is 29.0. The number of ether oxygens (including phenoxy) is 2. The molecule has 0 bridgehead atoms. The average Bonchev–Trinajstić information content (AvgIpc) is 2.71. The predicted octanol–water partition coefficient (Wildman–Crippen LogP) is 3.78. The van der Waals surface area contributed by atoms with Crippen molar-refractivity contribution in [2.45, 2.75) is 18.1 Å². The van der Waals surface area contributed by atoms with Crippen LogP contribution in [0.5, 0.6) is 5.75 Å². The van der Waals surface area contributed by atoms with E-state index >= 15 is 0 Å². The third-order valence-electron chi connectivity index (χ3n) is 4.00. The Bertz CT molecular complexity index is 1040. The zero-order valence-corrected chi connectivity index (χ0v) is 16.8. The number of fused-ring (bicyclic) bond motifs is 1. The topological polar surface area (TPSA) is 70.4 Å². The molecule has 1 heterocycles. The Morgan fingerprint density at radius 1 is 1.18 bits per heavy atom. The van der Waals surface area contributed by atoms with Gasteiger partial charge in [0.25, 0.3) is 5.56 Å². The van der Waals surface area contributed by atoms with Crippen molar-refractivity contribution in [2.24, 2.45) is 0 Å². The van der Waals surface area contributed by atoms with Gasteiger partial charge < -0.3 is 9.47 Å². The molecule has 3 aromatic rings. The highest BCUT2D eigenvalue weighted by atomic mass is 35.5.